The van der Waals surface area contributed by atoms with E-state index in [1.54, 1.807) is 18.3 Å². The number of rotatable bonds is 2. The van der Waals surface area contributed by atoms with Crippen molar-refractivity contribution in [2.45, 2.75) is 7.43 Å². The molecule has 3 heterocycles. The number of pyridine rings is 1. The van der Waals surface area contributed by atoms with Crippen molar-refractivity contribution in [3.63, 3.8) is 0 Å². The summed E-state index contributed by atoms with van der Waals surface area (Å²) in [7, 11) is 0. The Morgan fingerprint density at radius 3 is 2.32 bits per heavy atom. The van der Waals surface area contributed by atoms with Gasteiger partial charge in [0.1, 0.15) is 12.0 Å². The van der Waals surface area contributed by atoms with Crippen LogP contribution in [0, 0.1) is 0 Å². The zero-order valence-corrected chi connectivity index (χ0v) is 9.32. The molecule has 0 atom stereocenters. The minimum Gasteiger partial charge on any atom is -0.368 e. The molecule has 0 fully saturated rings. The van der Waals surface area contributed by atoms with E-state index in [0.29, 0.717) is 17.1 Å². The molecule has 0 unspecified atom stereocenters. The highest BCUT2D eigenvalue weighted by atomic mass is 16.5. The Morgan fingerprint density at radius 1 is 0.895 bits per heavy atom. The molecule has 0 radical (unpaired) electrons. The standard InChI is InChI=1S/C12H9N5O.CH4/c13-12-14-6-4-10(16-12)8-2-1-3-9(15-8)11-5-7-18-17-11;/h1-7H,(H2,13,14,16);1H4. The predicted molar refractivity (Wildman–Crippen MR) is 71.9 cm³/mol. The molecule has 0 aliphatic carbocycles. The Morgan fingerprint density at radius 2 is 1.63 bits per heavy atom. The summed E-state index contributed by atoms with van der Waals surface area (Å²) in [4.78, 5) is 12.4. The zero-order chi connectivity index (χ0) is 12.4. The molecule has 6 nitrogen and oxygen atoms in total. The van der Waals surface area contributed by atoms with Crippen molar-refractivity contribution in [3.8, 4) is 22.8 Å². The zero-order valence-electron chi connectivity index (χ0n) is 9.32. The van der Waals surface area contributed by atoms with Crippen LogP contribution in [0.3, 0.4) is 0 Å². The summed E-state index contributed by atoms with van der Waals surface area (Å²) in [5.41, 5.74) is 8.34. The highest BCUT2D eigenvalue weighted by Gasteiger charge is 2.06. The molecule has 0 aliphatic rings. The van der Waals surface area contributed by atoms with Gasteiger partial charge in [0.05, 0.1) is 17.1 Å². The first-order valence-electron chi connectivity index (χ1n) is 5.29. The molecule has 2 N–H and O–H groups in total. The van der Waals surface area contributed by atoms with Crippen molar-refractivity contribution >= 4 is 5.95 Å². The van der Waals surface area contributed by atoms with Crippen molar-refractivity contribution < 1.29 is 4.52 Å². The van der Waals surface area contributed by atoms with Crippen molar-refractivity contribution in [2.24, 2.45) is 0 Å². The first-order chi connectivity index (χ1) is 8.83. The van der Waals surface area contributed by atoms with Gasteiger partial charge in [-0.1, -0.05) is 18.6 Å². The van der Waals surface area contributed by atoms with Crippen molar-refractivity contribution in [3.05, 3.63) is 42.8 Å². The molecule has 0 aliphatic heterocycles. The van der Waals surface area contributed by atoms with E-state index >= 15 is 0 Å². The molecule has 3 aromatic rings. The first kappa shape index (κ1) is 12.7. The van der Waals surface area contributed by atoms with Gasteiger partial charge in [-0.15, -0.1) is 0 Å². The lowest BCUT2D eigenvalue weighted by molar-refractivity contribution is 0.422. The van der Waals surface area contributed by atoms with Crippen LogP contribution in [-0.4, -0.2) is 20.1 Å². The van der Waals surface area contributed by atoms with Gasteiger partial charge in [-0.05, 0) is 18.2 Å². The number of hydrogen-bond donors (Lipinski definition) is 1. The molecule has 96 valence electrons. The molecule has 0 saturated heterocycles. The lowest BCUT2D eigenvalue weighted by Crippen LogP contribution is -1.96. The van der Waals surface area contributed by atoms with E-state index in [2.05, 4.69) is 20.1 Å². The summed E-state index contributed by atoms with van der Waals surface area (Å²) in [5, 5.41) is 3.84. The number of anilines is 1. The van der Waals surface area contributed by atoms with E-state index in [0.717, 1.165) is 5.69 Å². The smallest absolute Gasteiger partial charge is 0.220 e. The Kier molecular flexibility index (Phi) is 3.51. The molecule has 0 bridgehead atoms. The third-order valence-electron chi connectivity index (χ3n) is 2.39. The fraction of sp³-hybridized carbons (Fsp3) is 0.0769. The summed E-state index contributed by atoms with van der Waals surface area (Å²) in [6.07, 6.45) is 3.11. The number of nitrogens with zero attached hydrogens (tertiary/aromatic N) is 4. The van der Waals surface area contributed by atoms with E-state index in [1.165, 1.54) is 6.26 Å². The number of nitrogen functional groups attached to an aromatic ring is 1. The van der Waals surface area contributed by atoms with Crippen LogP contribution < -0.4 is 5.73 Å². The van der Waals surface area contributed by atoms with E-state index in [9.17, 15) is 0 Å². The van der Waals surface area contributed by atoms with Gasteiger partial charge in [0.2, 0.25) is 5.95 Å². The molecule has 3 rings (SSSR count). The van der Waals surface area contributed by atoms with E-state index in [-0.39, 0.29) is 13.4 Å². The maximum Gasteiger partial charge on any atom is 0.220 e. The fourth-order valence-corrected chi connectivity index (χ4v) is 1.58. The minimum absolute atomic E-state index is 0. The van der Waals surface area contributed by atoms with Crippen molar-refractivity contribution in [2.75, 3.05) is 5.73 Å². The van der Waals surface area contributed by atoms with Crippen LogP contribution in [-0.2, 0) is 0 Å². The molecule has 19 heavy (non-hydrogen) atoms. The molecular weight excluding hydrogens is 242 g/mol. The molecule has 0 spiro atoms. The van der Waals surface area contributed by atoms with Gasteiger partial charge >= 0.3 is 0 Å². The fourth-order valence-electron chi connectivity index (χ4n) is 1.58. The molecule has 6 heteroatoms. The lowest BCUT2D eigenvalue weighted by atomic mass is 10.2. The third kappa shape index (κ3) is 2.57. The monoisotopic (exact) mass is 255 g/mol. The van der Waals surface area contributed by atoms with Gasteiger partial charge in [-0.2, -0.15) is 0 Å². The number of hydrogen-bond acceptors (Lipinski definition) is 6. The molecular formula is C13H13N5O. The normalized spacial score (nSPS) is 9.89. The Labute approximate surface area is 110 Å². The summed E-state index contributed by atoms with van der Waals surface area (Å²) < 4.78 is 4.80. The Hall–Kier alpha value is -2.76. The van der Waals surface area contributed by atoms with Crippen LogP contribution in [0.25, 0.3) is 22.8 Å². The van der Waals surface area contributed by atoms with Crippen molar-refractivity contribution in [1.82, 2.24) is 20.1 Å². The van der Waals surface area contributed by atoms with Crippen LogP contribution in [0.2, 0.25) is 0 Å². The highest BCUT2D eigenvalue weighted by molar-refractivity contribution is 5.61. The van der Waals surface area contributed by atoms with Crippen LogP contribution in [0.1, 0.15) is 7.43 Å². The summed E-state index contributed by atoms with van der Waals surface area (Å²) in [6, 6.07) is 9.09. The van der Waals surface area contributed by atoms with Crippen LogP contribution in [0.4, 0.5) is 5.95 Å². The summed E-state index contributed by atoms with van der Waals surface area (Å²) >= 11 is 0. The number of nitrogens with two attached hydrogens (primary N) is 1. The van der Waals surface area contributed by atoms with Crippen LogP contribution in [0.15, 0.2) is 47.3 Å². The van der Waals surface area contributed by atoms with Gasteiger partial charge in [0, 0.05) is 12.3 Å². The molecule has 3 aromatic heterocycles. The van der Waals surface area contributed by atoms with Gasteiger partial charge in [-0.3, -0.25) is 0 Å². The second-order valence-corrected chi connectivity index (χ2v) is 3.59. The second kappa shape index (κ2) is 5.26. The van der Waals surface area contributed by atoms with E-state index < -0.39 is 0 Å². The Bertz CT molecular complexity index is 666. The third-order valence-corrected chi connectivity index (χ3v) is 2.39. The van der Waals surface area contributed by atoms with Gasteiger partial charge in [0.15, 0.2) is 0 Å². The van der Waals surface area contributed by atoms with Gasteiger partial charge < -0.3 is 10.3 Å². The van der Waals surface area contributed by atoms with Gasteiger partial charge in [-0.25, -0.2) is 15.0 Å². The van der Waals surface area contributed by atoms with Crippen LogP contribution >= 0.6 is 0 Å². The van der Waals surface area contributed by atoms with Crippen LogP contribution in [0.5, 0.6) is 0 Å². The summed E-state index contributed by atoms with van der Waals surface area (Å²) in [6.45, 7) is 0. The molecule has 0 aromatic carbocycles. The van der Waals surface area contributed by atoms with Gasteiger partial charge in [0.25, 0.3) is 0 Å². The van der Waals surface area contributed by atoms with E-state index in [1.807, 2.05) is 18.2 Å². The number of aromatic nitrogens is 4. The summed E-state index contributed by atoms with van der Waals surface area (Å²) in [5.74, 6) is 0.223. The average molecular weight is 255 g/mol. The maximum atomic E-state index is 5.55. The first-order valence-corrected chi connectivity index (χ1v) is 5.29. The topological polar surface area (TPSA) is 90.7 Å². The maximum absolute atomic E-state index is 5.55. The average Bonchev–Trinajstić information content (AvgIpc) is 2.93. The SMILES string of the molecule is C.Nc1nccc(-c2cccc(-c3ccon3)n2)n1. The second-order valence-electron chi connectivity index (χ2n) is 3.59. The highest BCUT2D eigenvalue weighted by Crippen LogP contribution is 2.20. The van der Waals surface area contributed by atoms with Crippen molar-refractivity contribution in [1.29, 1.82) is 0 Å². The lowest BCUT2D eigenvalue weighted by Gasteiger charge is -2.02. The largest absolute Gasteiger partial charge is 0.368 e. The Balaban J connectivity index is 0.00000133. The quantitative estimate of drug-likeness (QED) is 0.756. The predicted octanol–water partition coefficient (Wildman–Crippen LogP) is 2.41. The van der Waals surface area contributed by atoms with E-state index in [4.69, 9.17) is 10.3 Å². The molecule has 0 saturated carbocycles. The minimum atomic E-state index is 0. The molecule has 0 amide bonds.